The summed E-state index contributed by atoms with van der Waals surface area (Å²) >= 11 is 0. The molecule has 2 aromatic carbocycles. The fourth-order valence-corrected chi connectivity index (χ4v) is 3.85. The zero-order valence-corrected chi connectivity index (χ0v) is 18.9. The first-order valence-corrected chi connectivity index (χ1v) is 10.7. The van der Waals surface area contributed by atoms with Gasteiger partial charge in [-0.3, -0.25) is 14.5 Å². The summed E-state index contributed by atoms with van der Waals surface area (Å²) in [5.74, 6) is -0.227. The van der Waals surface area contributed by atoms with Gasteiger partial charge < -0.3 is 10.6 Å². The zero-order chi connectivity index (χ0) is 22.8. The van der Waals surface area contributed by atoms with Crippen LogP contribution >= 0.6 is 0 Å². The van der Waals surface area contributed by atoms with Gasteiger partial charge in [0.15, 0.2) is 0 Å². The number of nitrogens with one attached hydrogen (secondary N) is 2. The van der Waals surface area contributed by atoms with Crippen LogP contribution < -0.4 is 10.6 Å². The molecule has 0 bridgehead atoms. The molecule has 0 saturated carbocycles. The van der Waals surface area contributed by atoms with Crippen LogP contribution in [0, 0.1) is 12.8 Å². The highest BCUT2D eigenvalue weighted by atomic mass is 16.2. The third-order valence-electron chi connectivity index (χ3n) is 5.71. The number of aryl methyl sites for hydroxylation is 1. The minimum absolute atomic E-state index is 0.232. The molecule has 4 amide bonds. The van der Waals surface area contributed by atoms with Gasteiger partial charge in [-0.2, -0.15) is 0 Å². The van der Waals surface area contributed by atoms with Gasteiger partial charge >= 0.3 is 6.03 Å². The van der Waals surface area contributed by atoms with E-state index in [0.717, 1.165) is 22.4 Å². The fourth-order valence-electron chi connectivity index (χ4n) is 3.85. The number of urea groups is 1. The summed E-state index contributed by atoms with van der Waals surface area (Å²) in [6.45, 7) is 9.54. The molecule has 0 radical (unpaired) electrons. The topological polar surface area (TPSA) is 78.5 Å². The van der Waals surface area contributed by atoms with Crippen molar-refractivity contribution in [2.45, 2.75) is 52.6 Å². The van der Waals surface area contributed by atoms with Crippen molar-refractivity contribution < 1.29 is 14.4 Å². The lowest BCUT2D eigenvalue weighted by Crippen LogP contribution is -2.43. The van der Waals surface area contributed by atoms with Gasteiger partial charge in [-0.05, 0) is 49.8 Å². The first-order valence-electron chi connectivity index (χ1n) is 10.7. The number of carbonyl (C=O) groups is 3. The van der Waals surface area contributed by atoms with Crippen LogP contribution in [-0.4, -0.2) is 29.3 Å². The highest BCUT2D eigenvalue weighted by Gasteiger charge is 2.49. The molecular weight excluding hydrogens is 390 g/mol. The van der Waals surface area contributed by atoms with E-state index in [1.807, 2.05) is 50.2 Å². The van der Waals surface area contributed by atoms with E-state index < -0.39 is 17.5 Å². The van der Waals surface area contributed by atoms with Crippen molar-refractivity contribution in [3.05, 3.63) is 70.8 Å². The molecule has 1 fully saturated rings. The van der Waals surface area contributed by atoms with Crippen LogP contribution in [0.15, 0.2) is 48.5 Å². The first-order chi connectivity index (χ1) is 14.6. The number of imide groups is 1. The Bertz CT molecular complexity index is 967. The molecular formula is C25H31N3O3. The summed E-state index contributed by atoms with van der Waals surface area (Å²) in [7, 11) is 0. The molecule has 0 aliphatic carbocycles. The molecule has 0 unspecified atom stereocenters. The lowest BCUT2D eigenvalue weighted by atomic mass is 9.91. The third kappa shape index (κ3) is 4.95. The SMILES string of the molecule is Cc1ccc([C@]2(C)NC(=O)N(CC(=O)N[C@H](C)c3ccc(CC(C)C)cc3)C2=O)cc1. The van der Waals surface area contributed by atoms with Gasteiger partial charge in [-0.1, -0.05) is 67.9 Å². The molecule has 1 saturated heterocycles. The molecule has 2 aromatic rings. The van der Waals surface area contributed by atoms with E-state index in [-0.39, 0.29) is 18.5 Å². The van der Waals surface area contributed by atoms with Crippen LogP contribution in [0.1, 0.15) is 56.0 Å². The number of hydrogen-bond donors (Lipinski definition) is 2. The lowest BCUT2D eigenvalue weighted by Gasteiger charge is -2.22. The predicted octanol–water partition coefficient (Wildman–Crippen LogP) is 3.84. The summed E-state index contributed by atoms with van der Waals surface area (Å²) < 4.78 is 0. The van der Waals surface area contributed by atoms with Crippen molar-refractivity contribution in [2.75, 3.05) is 6.54 Å². The molecule has 0 aromatic heterocycles. The summed E-state index contributed by atoms with van der Waals surface area (Å²) in [6.07, 6.45) is 1.01. The normalized spacial score (nSPS) is 19.5. The lowest BCUT2D eigenvalue weighted by molar-refractivity contribution is -0.135. The minimum atomic E-state index is -1.18. The van der Waals surface area contributed by atoms with E-state index in [2.05, 4.69) is 36.6 Å². The van der Waals surface area contributed by atoms with Crippen molar-refractivity contribution in [1.29, 1.82) is 0 Å². The average Bonchev–Trinajstić information content (AvgIpc) is 2.92. The molecule has 6 nitrogen and oxygen atoms in total. The largest absolute Gasteiger partial charge is 0.348 e. The van der Waals surface area contributed by atoms with Gasteiger partial charge in [-0.25, -0.2) is 4.79 Å². The molecule has 6 heteroatoms. The maximum absolute atomic E-state index is 13.0. The van der Waals surface area contributed by atoms with E-state index in [4.69, 9.17) is 0 Å². The Hall–Kier alpha value is -3.15. The molecule has 0 spiro atoms. The highest BCUT2D eigenvalue weighted by molar-refractivity contribution is 6.09. The Labute approximate surface area is 184 Å². The monoisotopic (exact) mass is 421 g/mol. The van der Waals surface area contributed by atoms with Gasteiger partial charge in [-0.15, -0.1) is 0 Å². The number of rotatable bonds is 7. The van der Waals surface area contributed by atoms with Gasteiger partial charge in [0, 0.05) is 0 Å². The number of amides is 4. The summed E-state index contributed by atoms with van der Waals surface area (Å²) in [5, 5.41) is 5.62. The van der Waals surface area contributed by atoms with Gasteiger partial charge in [0.05, 0.1) is 6.04 Å². The molecule has 31 heavy (non-hydrogen) atoms. The second-order valence-corrected chi connectivity index (χ2v) is 8.94. The minimum Gasteiger partial charge on any atom is -0.348 e. The standard InChI is InChI=1S/C25H31N3O3/c1-16(2)14-19-8-10-20(11-9-19)18(4)26-22(29)15-28-23(30)25(5,27-24(28)31)21-12-6-17(3)7-13-21/h6-13,16,18H,14-15H2,1-5H3,(H,26,29)(H,27,31)/t18-,25+/m1/s1. The predicted molar refractivity (Wildman–Crippen MR) is 120 cm³/mol. The van der Waals surface area contributed by atoms with Crippen LogP contribution in [0.3, 0.4) is 0 Å². The van der Waals surface area contributed by atoms with Gasteiger partial charge in [0.1, 0.15) is 12.1 Å². The van der Waals surface area contributed by atoms with Crippen molar-refractivity contribution in [3.8, 4) is 0 Å². The van der Waals surface area contributed by atoms with Crippen molar-refractivity contribution in [3.63, 3.8) is 0 Å². The molecule has 1 aliphatic heterocycles. The maximum atomic E-state index is 13.0. The Morgan fingerprint density at radius 1 is 1.03 bits per heavy atom. The van der Waals surface area contributed by atoms with Crippen molar-refractivity contribution >= 4 is 17.8 Å². The molecule has 2 atom stereocenters. The van der Waals surface area contributed by atoms with E-state index in [1.165, 1.54) is 5.56 Å². The molecule has 164 valence electrons. The second kappa shape index (κ2) is 8.92. The van der Waals surface area contributed by atoms with Crippen molar-refractivity contribution in [2.24, 2.45) is 5.92 Å². The van der Waals surface area contributed by atoms with Crippen LogP contribution in [0.2, 0.25) is 0 Å². The number of hydrogen-bond acceptors (Lipinski definition) is 3. The van der Waals surface area contributed by atoms with Crippen LogP contribution in [0.5, 0.6) is 0 Å². The van der Waals surface area contributed by atoms with Crippen LogP contribution in [0.25, 0.3) is 0 Å². The zero-order valence-electron chi connectivity index (χ0n) is 18.9. The maximum Gasteiger partial charge on any atom is 0.325 e. The Balaban J connectivity index is 1.64. The van der Waals surface area contributed by atoms with Gasteiger partial charge in [0.25, 0.3) is 5.91 Å². The number of benzene rings is 2. The second-order valence-electron chi connectivity index (χ2n) is 8.94. The van der Waals surface area contributed by atoms with E-state index in [0.29, 0.717) is 11.5 Å². The van der Waals surface area contributed by atoms with E-state index in [9.17, 15) is 14.4 Å². The Morgan fingerprint density at radius 3 is 2.23 bits per heavy atom. The summed E-state index contributed by atoms with van der Waals surface area (Å²) in [4.78, 5) is 39.0. The van der Waals surface area contributed by atoms with Crippen LogP contribution in [0.4, 0.5) is 4.79 Å². The first kappa shape index (κ1) is 22.5. The highest BCUT2D eigenvalue weighted by Crippen LogP contribution is 2.29. The van der Waals surface area contributed by atoms with E-state index in [1.54, 1.807) is 6.92 Å². The average molecular weight is 422 g/mol. The quantitative estimate of drug-likeness (QED) is 0.667. The Kier molecular flexibility index (Phi) is 6.48. The molecule has 1 aliphatic rings. The van der Waals surface area contributed by atoms with E-state index >= 15 is 0 Å². The third-order valence-corrected chi connectivity index (χ3v) is 5.71. The molecule has 2 N–H and O–H groups in total. The van der Waals surface area contributed by atoms with Crippen molar-refractivity contribution in [1.82, 2.24) is 15.5 Å². The number of carbonyl (C=O) groups excluding carboxylic acids is 3. The summed E-state index contributed by atoms with van der Waals surface area (Å²) in [5.41, 5.74) is 2.80. The Morgan fingerprint density at radius 2 is 1.65 bits per heavy atom. The van der Waals surface area contributed by atoms with Gasteiger partial charge in [0.2, 0.25) is 5.91 Å². The summed E-state index contributed by atoms with van der Waals surface area (Å²) in [6, 6.07) is 14.8. The van der Waals surface area contributed by atoms with Crippen LogP contribution in [-0.2, 0) is 21.5 Å². The molecule has 3 rings (SSSR count). The smallest absolute Gasteiger partial charge is 0.325 e. The number of nitrogens with zero attached hydrogens (tertiary/aromatic N) is 1. The fraction of sp³-hybridized carbons (Fsp3) is 0.400. The molecule has 1 heterocycles.